The van der Waals surface area contributed by atoms with E-state index in [9.17, 15) is 13.2 Å². The summed E-state index contributed by atoms with van der Waals surface area (Å²) in [7, 11) is 1.42. The summed E-state index contributed by atoms with van der Waals surface area (Å²) in [6.07, 6.45) is 0.663. The Labute approximate surface area is 126 Å². The van der Waals surface area contributed by atoms with Gasteiger partial charge in [0.25, 0.3) is 9.05 Å². The molecule has 0 saturated carbocycles. The van der Waals surface area contributed by atoms with Gasteiger partial charge in [-0.2, -0.15) is 0 Å². The maximum Gasteiger partial charge on any atom is 0.261 e. The molecule has 1 saturated heterocycles. The molecule has 5 nitrogen and oxygen atoms in total. The largest absolute Gasteiger partial charge is 0.381 e. The first-order valence-corrected chi connectivity index (χ1v) is 8.61. The Hall–Kier alpha value is -0.820. The van der Waals surface area contributed by atoms with Crippen LogP contribution < -0.4 is 5.32 Å². The van der Waals surface area contributed by atoms with Crippen LogP contribution in [0.3, 0.4) is 0 Å². The number of benzene rings is 1. The van der Waals surface area contributed by atoms with E-state index in [1.807, 2.05) is 0 Å². The Bertz CT molecular complexity index is 616. The molecule has 1 N–H and O–H groups in total. The van der Waals surface area contributed by atoms with Crippen LogP contribution in [0.2, 0.25) is 5.02 Å². The highest BCUT2D eigenvalue weighted by Crippen LogP contribution is 2.31. The third-order valence-corrected chi connectivity index (χ3v) is 4.72. The van der Waals surface area contributed by atoms with Crippen LogP contribution in [0.5, 0.6) is 0 Å². The lowest BCUT2D eigenvalue weighted by atomic mass is 10.1. The van der Waals surface area contributed by atoms with E-state index in [0.717, 1.165) is 0 Å². The van der Waals surface area contributed by atoms with Gasteiger partial charge in [-0.15, -0.1) is 0 Å². The van der Waals surface area contributed by atoms with Crippen LogP contribution >= 0.6 is 22.3 Å². The van der Waals surface area contributed by atoms with E-state index in [1.165, 1.54) is 12.1 Å². The molecule has 1 atom stereocenters. The molecule has 20 heavy (non-hydrogen) atoms. The number of halogens is 2. The summed E-state index contributed by atoms with van der Waals surface area (Å²) in [6, 6.07) is 2.59. The molecule has 1 fully saturated rings. The zero-order valence-corrected chi connectivity index (χ0v) is 13.0. The fraction of sp³-hybridized carbons (Fsp3) is 0.417. The molecule has 1 heterocycles. The average Bonchev–Trinajstić information content (AvgIpc) is 2.85. The summed E-state index contributed by atoms with van der Waals surface area (Å²) in [5.41, 5.74) is 0.927. The monoisotopic (exact) mass is 337 g/mol. The smallest absolute Gasteiger partial charge is 0.261 e. The molecule has 0 aromatic heterocycles. The minimum atomic E-state index is -3.85. The van der Waals surface area contributed by atoms with Crippen molar-refractivity contribution < 1.29 is 17.9 Å². The van der Waals surface area contributed by atoms with Crippen molar-refractivity contribution in [3.8, 4) is 0 Å². The molecule has 0 aliphatic carbocycles. The number of carbonyl (C=O) groups excluding carboxylic acids is 1. The van der Waals surface area contributed by atoms with Crippen LogP contribution in [0.4, 0.5) is 5.69 Å². The van der Waals surface area contributed by atoms with Gasteiger partial charge in [0.05, 0.1) is 28.1 Å². The van der Waals surface area contributed by atoms with E-state index >= 15 is 0 Å². The van der Waals surface area contributed by atoms with Crippen LogP contribution in [0.25, 0.3) is 0 Å². The number of hydrogen-bond donors (Lipinski definition) is 1. The molecule has 1 aromatic carbocycles. The van der Waals surface area contributed by atoms with Gasteiger partial charge < -0.3 is 10.1 Å². The van der Waals surface area contributed by atoms with Crippen LogP contribution in [-0.2, 0) is 18.6 Å². The summed E-state index contributed by atoms with van der Waals surface area (Å²) in [5, 5.41) is 2.85. The van der Waals surface area contributed by atoms with Crippen molar-refractivity contribution in [3.63, 3.8) is 0 Å². The van der Waals surface area contributed by atoms with Crippen LogP contribution in [0.15, 0.2) is 17.0 Å². The van der Waals surface area contributed by atoms with E-state index < -0.39 is 9.05 Å². The highest BCUT2D eigenvalue weighted by Gasteiger charge is 2.25. The molecule has 0 bridgehead atoms. The van der Waals surface area contributed by atoms with E-state index in [-0.39, 0.29) is 21.7 Å². The van der Waals surface area contributed by atoms with Gasteiger partial charge in [0.15, 0.2) is 0 Å². The summed E-state index contributed by atoms with van der Waals surface area (Å²) in [4.78, 5) is 11.9. The topological polar surface area (TPSA) is 72.5 Å². The second-order valence-electron chi connectivity index (χ2n) is 4.58. The van der Waals surface area contributed by atoms with Gasteiger partial charge in [-0.25, -0.2) is 8.42 Å². The number of amides is 1. The second kappa shape index (κ2) is 5.89. The quantitative estimate of drug-likeness (QED) is 0.860. The van der Waals surface area contributed by atoms with Crippen molar-refractivity contribution in [2.75, 3.05) is 18.5 Å². The normalized spacial score (nSPS) is 19.1. The average molecular weight is 338 g/mol. The molecular formula is C12H13Cl2NO4S. The van der Waals surface area contributed by atoms with Crippen molar-refractivity contribution in [1.29, 1.82) is 0 Å². The molecule has 1 aromatic rings. The Balaban J connectivity index is 2.26. The molecule has 1 unspecified atom stereocenters. The lowest BCUT2D eigenvalue weighted by Gasteiger charge is -2.14. The highest BCUT2D eigenvalue weighted by molar-refractivity contribution is 8.13. The molecule has 110 valence electrons. The van der Waals surface area contributed by atoms with Crippen molar-refractivity contribution in [2.24, 2.45) is 5.92 Å². The molecule has 8 heteroatoms. The third-order valence-electron chi connectivity index (χ3n) is 3.09. The maximum absolute atomic E-state index is 12.0. The number of anilines is 1. The summed E-state index contributed by atoms with van der Waals surface area (Å²) in [6.45, 7) is 2.60. The van der Waals surface area contributed by atoms with Crippen LogP contribution in [0, 0.1) is 12.8 Å². The fourth-order valence-electron chi connectivity index (χ4n) is 1.98. The summed E-state index contributed by atoms with van der Waals surface area (Å²) < 4.78 is 27.7. The Kier molecular flexibility index (Phi) is 4.59. The predicted octanol–water partition coefficient (Wildman–Crippen LogP) is 2.55. The third kappa shape index (κ3) is 3.44. The summed E-state index contributed by atoms with van der Waals surface area (Å²) in [5.74, 6) is -0.393. The fourth-order valence-corrected chi connectivity index (χ4v) is 3.20. The van der Waals surface area contributed by atoms with Gasteiger partial charge in [-0.1, -0.05) is 11.6 Å². The number of carbonyl (C=O) groups is 1. The predicted molar refractivity (Wildman–Crippen MR) is 76.8 cm³/mol. The SMILES string of the molecule is Cc1cc(S(=O)(=O)Cl)cc(Cl)c1NC(=O)C1CCOC1. The summed E-state index contributed by atoms with van der Waals surface area (Å²) >= 11 is 6.02. The lowest BCUT2D eigenvalue weighted by Crippen LogP contribution is -2.23. The van der Waals surface area contributed by atoms with E-state index in [2.05, 4.69) is 5.32 Å². The Morgan fingerprint density at radius 3 is 2.65 bits per heavy atom. The first-order chi connectivity index (χ1) is 9.29. The van der Waals surface area contributed by atoms with Gasteiger partial charge in [0.2, 0.25) is 5.91 Å². The van der Waals surface area contributed by atoms with Crippen molar-refractivity contribution >= 4 is 42.9 Å². The molecule has 1 aliphatic heterocycles. The van der Waals surface area contributed by atoms with E-state index in [1.54, 1.807) is 6.92 Å². The van der Waals surface area contributed by atoms with Gasteiger partial charge in [-0.3, -0.25) is 4.79 Å². The van der Waals surface area contributed by atoms with E-state index in [0.29, 0.717) is 30.9 Å². The Morgan fingerprint density at radius 2 is 2.15 bits per heavy atom. The Morgan fingerprint density at radius 1 is 1.45 bits per heavy atom. The first-order valence-electron chi connectivity index (χ1n) is 5.92. The van der Waals surface area contributed by atoms with Gasteiger partial charge in [-0.05, 0) is 31.0 Å². The van der Waals surface area contributed by atoms with Gasteiger partial charge in [0, 0.05) is 17.3 Å². The lowest BCUT2D eigenvalue weighted by molar-refractivity contribution is -0.119. The van der Waals surface area contributed by atoms with Crippen molar-refractivity contribution in [2.45, 2.75) is 18.2 Å². The maximum atomic E-state index is 12.0. The number of nitrogens with one attached hydrogen (secondary N) is 1. The minimum absolute atomic E-state index is 0.0936. The molecule has 1 aliphatic rings. The van der Waals surface area contributed by atoms with Crippen LogP contribution in [-0.4, -0.2) is 27.5 Å². The standard InChI is InChI=1S/C12H13Cl2NO4S/c1-7-4-9(20(14,17)18)5-10(13)11(7)15-12(16)8-2-3-19-6-8/h4-5,8H,2-3,6H2,1H3,(H,15,16). The first kappa shape index (κ1) is 15.6. The number of hydrogen-bond acceptors (Lipinski definition) is 4. The van der Waals surface area contributed by atoms with Crippen LogP contribution in [0.1, 0.15) is 12.0 Å². The zero-order valence-electron chi connectivity index (χ0n) is 10.7. The number of ether oxygens (including phenoxy) is 1. The number of rotatable bonds is 3. The van der Waals surface area contributed by atoms with Crippen molar-refractivity contribution in [1.82, 2.24) is 0 Å². The highest BCUT2D eigenvalue weighted by atomic mass is 35.7. The molecular weight excluding hydrogens is 325 g/mol. The zero-order chi connectivity index (χ0) is 14.9. The second-order valence-corrected chi connectivity index (χ2v) is 7.56. The minimum Gasteiger partial charge on any atom is -0.381 e. The molecule has 2 rings (SSSR count). The number of aryl methyl sites for hydroxylation is 1. The van der Waals surface area contributed by atoms with E-state index in [4.69, 9.17) is 27.0 Å². The molecule has 1 amide bonds. The van der Waals surface area contributed by atoms with Crippen molar-refractivity contribution in [3.05, 3.63) is 22.7 Å². The molecule has 0 radical (unpaired) electrons. The van der Waals surface area contributed by atoms with Gasteiger partial charge >= 0.3 is 0 Å². The molecule has 0 spiro atoms. The van der Waals surface area contributed by atoms with Gasteiger partial charge in [0.1, 0.15) is 0 Å².